The standard InChI is InChI=1S/C11H21N3O2/c15-11(14-8-10-5-12-6-10)13-7-9-1-3-16-4-2-9/h9-10,12H,1-8H2,(H2,13,14,15). The van der Waals surface area contributed by atoms with Crippen LogP contribution in [0.3, 0.4) is 0 Å². The summed E-state index contributed by atoms with van der Waals surface area (Å²) in [5, 5.41) is 9.02. The van der Waals surface area contributed by atoms with E-state index in [1.807, 2.05) is 0 Å². The molecule has 0 unspecified atom stereocenters. The first kappa shape index (κ1) is 11.7. The number of urea groups is 1. The Labute approximate surface area is 96.3 Å². The molecular formula is C11H21N3O2. The smallest absolute Gasteiger partial charge is 0.314 e. The van der Waals surface area contributed by atoms with Gasteiger partial charge in [-0.25, -0.2) is 4.79 Å². The van der Waals surface area contributed by atoms with E-state index in [1.54, 1.807) is 0 Å². The van der Waals surface area contributed by atoms with Gasteiger partial charge in [0.05, 0.1) is 0 Å². The van der Waals surface area contributed by atoms with Gasteiger partial charge in [0.25, 0.3) is 0 Å². The fraction of sp³-hybridized carbons (Fsp3) is 0.909. The van der Waals surface area contributed by atoms with Crippen LogP contribution in [0.2, 0.25) is 0 Å². The predicted molar refractivity (Wildman–Crippen MR) is 61.3 cm³/mol. The Morgan fingerprint density at radius 1 is 1.12 bits per heavy atom. The number of ether oxygens (including phenoxy) is 1. The van der Waals surface area contributed by atoms with Crippen LogP contribution in [0, 0.1) is 11.8 Å². The highest BCUT2D eigenvalue weighted by Crippen LogP contribution is 2.12. The van der Waals surface area contributed by atoms with E-state index in [4.69, 9.17) is 4.74 Å². The molecule has 0 aromatic rings. The van der Waals surface area contributed by atoms with Gasteiger partial charge in [-0.3, -0.25) is 0 Å². The predicted octanol–water partition coefficient (Wildman–Crippen LogP) is -0.0684. The Kier molecular flexibility index (Phi) is 4.42. The van der Waals surface area contributed by atoms with Crippen LogP contribution >= 0.6 is 0 Å². The Morgan fingerprint density at radius 2 is 1.75 bits per heavy atom. The molecule has 0 atom stereocenters. The largest absolute Gasteiger partial charge is 0.381 e. The second kappa shape index (κ2) is 6.06. The van der Waals surface area contributed by atoms with Gasteiger partial charge in [-0.2, -0.15) is 0 Å². The molecule has 0 aromatic carbocycles. The molecule has 3 N–H and O–H groups in total. The highest BCUT2D eigenvalue weighted by molar-refractivity contribution is 5.73. The zero-order valence-corrected chi connectivity index (χ0v) is 9.63. The first-order valence-corrected chi connectivity index (χ1v) is 6.15. The summed E-state index contributed by atoms with van der Waals surface area (Å²) in [4.78, 5) is 11.5. The molecule has 16 heavy (non-hydrogen) atoms. The van der Waals surface area contributed by atoms with Crippen LogP contribution in [-0.2, 0) is 4.74 Å². The summed E-state index contributed by atoms with van der Waals surface area (Å²) in [7, 11) is 0. The van der Waals surface area contributed by atoms with Gasteiger partial charge in [-0.05, 0) is 18.8 Å². The molecule has 2 saturated heterocycles. The highest BCUT2D eigenvalue weighted by Gasteiger charge is 2.18. The second-order valence-electron chi connectivity index (χ2n) is 4.67. The van der Waals surface area contributed by atoms with Crippen LogP contribution in [0.1, 0.15) is 12.8 Å². The third-order valence-corrected chi connectivity index (χ3v) is 3.31. The van der Waals surface area contributed by atoms with Gasteiger partial charge in [0, 0.05) is 45.3 Å². The maximum Gasteiger partial charge on any atom is 0.314 e. The number of nitrogens with one attached hydrogen (secondary N) is 3. The molecule has 0 spiro atoms. The third kappa shape index (κ3) is 3.64. The Balaban J connectivity index is 1.52. The molecule has 5 heteroatoms. The van der Waals surface area contributed by atoms with E-state index in [1.165, 1.54) is 0 Å². The van der Waals surface area contributed by atoms with Gasteiger partial charge in [0.2, 0.25) is 0 Å². The minimum Gasteiger partial charge on any atom is -0.381 e. The Hall–Kier alpha value is -0.810. The number of amides is 2. The first-order chi connectivity index (χ1) is 7.84. The Morgan fingerprint density at radius 3 is 2.31 bits per heavy atom. The van der Waals surface area contributed by atoms with E-state index in [0.29, 0.717) is 11.8 Å². The van der Waals surface area contributed by atoms with Crippen molar-refractivity contribution in [3.8, 4) is 0 Å². The lowest BCUT2D eigenvalue weighted by atomic mass is 10.0. The van der Waals surface area contributed by atoms with Crippen molar-refractivity contribution in [2.24, 2.45) is 11.8 Å². The fourth-order valence-electron chi connectivity index (χ4n) is 1.98. The van der Waals surface area contributed by atoms with Gasteiger partial charge in [0.1, 0.15) is 0 Å². The van der Waals surface area contributed by atoms with E-state index < -0.39 is 0 Å². The highest BCUT2D eigenvalue weighted by atomic mass is 16.5. The van der Waals surface area contributed by atoms with Crippen LogP contribution < -0.4 is 16.0 Å². The molecule has 0 bridgehead atoms. The van der Waals surface area contributed by atoms with E-state index in [2.05, 4.69) is 16.0 Å². The van der Waals surface area contributed by atoms with Crippen molar-refractivity contribution in [1.29, 1.82) is 0 Å². The summed E-state index contributed by atoms with van der Waals surface area (Å²) < 4.78 is 5.27. The minimum atomic E-state index is -0.0293. The first-order valence-electron chi connectivity index (χ1n) is 6.15. The zero-order chi connectivity index (χ0) is 11.2. The number of carbonyl (C=O) groups excluding carboxylic acids is 1. The van der Waals surface area contributed by atoms with Crippen molar-refractivity contribution in [3.05, 3.63) is 0 Å². The maximum absolute atomic E-state index is 11.5. The van der Waals surface area contributed by atoms with Crippen molar-refractivity contribution < 1.29 is 9.53 Å². The molecule has 2 aliphatic rings. The normalized spacial score (nSPS) is 22.5. The molecular weight excluding hydrogens is 206 g/mol. The molecule has 0 radical (unpaired) electrons. The van der Waals surface area contributed by atoms with Crippen molar-refractivity contribution >= 4 is 6.03 Å². The number of hydrogen-bond acceptors (Lipinski definition) is 3. The SMILES string of the molecule is O=C(NCC1CCOCC1)NCC1CNC1. The van der Waals surface area contributed by atoms with Gasteiger partial charge in [-0.1, -0.05) is 0 Å². The molecule has 0 aliphatic carbocycles. The number of hydrogen-bond donors (Lipinski definition) is 3. The quantitative estimate of drug-likeness (QED) is 0.630. The van der Waals surface area contributed by atoms with E-state index in [0.717, 1.165) is 52.2 Å². The van der Waals surface area contributed by atoms with Crippen molar-refractivity contribution in [1.82, 2.24) is 16.0 Å². The lowest BCUT2D eigenvalue weighted by Gasteiger charge is -2.27. The molecule has 2 aliphatic heterocycles. The summed E-state index contributed by atoms with van der Waals surface area (Å²) >= 11 is 0. The molecule has 5 nitrogen and oxygen atoms in total. The molecule has 0 aromatic heterocycles. The molecule has 2 fully saturated rings. The van der Waals surface area contributed by atoms with E-state index in [9.17, 15) is 4.79 Å². The molecule has 2 heterocycles. The van der Waals surface area contributed by atoms with Crippen LogP contribution in [0.4, 0.5) is 4.79 Å². The molecule has 2 rings (SSSR count). The number of carbonyl (C=O) groups is 1. The zero-order valence-electron chi connectivity index (χ0n) is 9.63. The third-order valence-electron chi connectivity index (χ3n) is 3.31. The molecule has 2 amide bonds. The second-order valence-corrected chi connectivity index (χ2v) is 4.67. The molecule has 0 saturated carbocycles. The summed E-state index contributed by atoms with van der Waals surface area (Å²) in [5.74, 6) is 1.21. The van der Waals surface area contributed by atoms with Gasteiger partial charge >= 0.3 is 6.03 Å². The van der Waals surface area contributed by atoms with Gasteiger partial charge in [0.15, 0.2) is 0 Å². The van der Waals surface area contributed by atoms with Crippen LogP contribution in [0.5, 0.6) is 0 Å². The molecule has 92 valence electrons. The number of rotatable bonds is 4. The average molecular weight is 227 g/mol. The van der Waals surface area contributed by atoms with Crippen molar-refractivity contribution in [3.63, 3.8) is 0 Å². The minimum absolute atomic E-state index is 0.0293. The van der Waals surface area contributed by atoms with Gasteiger partial charge in [-0.15, -0.1) is 0 Å². The van der Waals surface area contributed by atoms with Gasteiger partial charge < -0.3 is 20.7 Å². The van der Waals surface area contributed by atoms with E-state index in [-0.39, 0.29) is 6.03 Å². The van der Waals surface area contributed by atoms with Crippen LogP contribution in [0.15, 0.2) is 0 Å². The summed E-state index contributed by atoms with van der Waals surface area (Å²) in [6.45, 7) is 5.29. The van der Waals surface area contributed by atoms with E-state index >= 15 is 0 Å². The lowest BCUT2D eigenvalue weighted by Crippen LogP contribution is -2.50. The summed E-state index contributed by atoms with van der Waals surface area (Å²) in [6, 6.07) is -0.0293. The van der Waals surface area contributed by atoms with Crippen molar-refractivity contribution in [2.45, 2.75) is 12.8 Å². The average Bonchev–Trinajstić information content (AvgIpc) is 2.26. The Bertz CT molecular complexity index is 225. The maximum atomic E-state index is 11.5. The lowest BCUT2D eigenvalue weighted by molar-refractivity contribution is 0.0669. The van der Waals surface area contributed by atoms with Crippen molar-refractivity contribution in [2.75, 3.05) is 39.4 Å². The summed E-state index contributed by atoms with van der Waals surface area (Å²) in [6.07, 6.45) is 2.12. The monoisotopic (exact) mass is 227 g/mol. The van der Waals surface area contributed by atoms with Crippen LogP contribution in [0.25, 0.3) is 0 Å². The fourth-order valence-corrected chi connectivity index (χ4v) is 1.98. The summed E-state index contributed by atoms with van der Waals surface area (Å²) in [5.41, 5.74) is 0. The topological polar surface area (TPSA) is 62.4 Å². The van der Waals surface area contributed by atoms with Crippen LogP contribution in [-0.4, -0.2) is 45.4 Å².